The van der Waals surface area contributed by atoms with Gasteiger partial charge in [-0.3, -0.25) is 9.59 Å². The molecule has 1 amide bonds. The molecule has 0 unspecified atom stereocenters. The molecule has 6 heteroatoms. The lowest BCUT2D eigenvalue weighted by Crippen LogP contribution is -2.31. The van der Waals surface area contributed by atoms with Gasteiger partial charge in [-0.05, 0) is 46.7 Å². The Bertz CT molecular complexity index is 862. The number of aliphatic hydroxyl groups excluding tert-OH is 1. The van der Waals surface area contributed by atoms with Gasteiger partial charge in [0.25, 0.3) is 11.7 Å². The summed E-state index contributed by atoms with van der Waals surface area (Å²) in [4.78, 5) is 27.0. The summed E-state index contributed by atoms with van der Waals surface area (Å²) < 4.78 is 6.13. The zero-order chi connectivity index (χ0) is 19.4. The number of benzene rings is 2. The standard InChI is InChI=1S/C21H20INO4/c1-27-13-5-12-23-18(14-8-10-16(22)11-9-14)17(20(25)21(23)26)19(24)15-6-3-2-4-7-15/h2-4,6-11,18,24H,5,12-13H2,1H3/b19-17+/t18-/m0/s1. The molecule has 27 heavy (non-hydrogen) atoms. The Balaban J connectivity index is 2.10. The molecule has 1 fully saturated rings. The van der Waals surface area contributed by atoms with Gasteiger partial charge in [0.15, 0.2) is 0 Å². The van der Waals surface area contributed by atoms with Crippen molar-refractivity contribution in [1.29, 1.82) is 0 Å². The van der Waals surface area contributed by atoms with Crippen LogP contribution in [0.4, 0.5) is 0 Å². The predicted molar refractivity (Wildman–Crippen MR) is 111 cm³/mol. The first-order valence-corrected chi connectivity index (χ1v) is 9.70. The van der Waals surface area contributed by atoms with E-state index >= 15 is 0 Å². The monoisotopic (exact) mass is 477 g/mol. The van der Waals surface area contributed by atoms with E-state index in [1.807, 2.05) is 30.3 Å². The largest absolute Gasteiger partial charge is 0.507 e. The highest BCUT2D eigenvalue weighted by Gasteiger charge is 2.45. The lowest BCUT2D eigenvalue weighted by Gasteiger charge is -2.25. The maximum absolute atomic E-state index is 12.8. The minimum absolute atomic E-state index is 0.129. The molecule has 0 aliphatic carbocycles. The topological polar surface area (TPSA) is 66.8 Å². The molecule has 5 nitrogen and oxygen atoms in total. The number of likely N-dealkylation sites (tertiary alicyclic amines) is 1. The van der Waals surface area contributed by atoms with E-state index in [2.05, 4.69) is 22.6 Å². The number of ketones is 1. The van der Waals surface area contributed by atoms with Crippen LogP contribution in [0.5, 0.6) is 0 Å². The Kier molecular flexibility index (Phi) is 6.28. The second-order valence-electron chi connectivity index (χ2n) is 6.26. The number of Topliss-reactive ketones (excluding diaryl/α,β-unsaturated/α-hetero) is 1. The summed E-state index contributed by atoms with van der Waals surface area (Å²) in [5.74, 6) is -1.39. The van der Waals surface area contributed by atoms with Crippen LogP contribution < -0.4 is 0 Å². The highest BCUT2D eigenvalue weighted by Crippen LogP contribution is 2.39. The van der Waals surface area contributed by atoms with Crippen LogP contribution in [0.3, 0.4) is 0 Å². The Morgan fingerprint density at radius 2 is 1.78 bits per heavy atom. The fraction of sp³-hybridized carbons (Fsp3) is 0.238. The second-order valence-corrected chi connectivity index (χ2v) is 7.50. The minimum atomic E-state index is -0.655. The van der Waals surface area contributed by atoms with E-state index in [1.165, 1.54) is 4.90 Å². The quantitative estimate of drug-likeness (QED) is 0.226. The van der Waals surface area contributed by atoms with E-state index in [-0.39, 0.29) is 11.3 Å². The molecule has 1 N–H and O–H groups in total. The number of methoxy groups -OCH3 is 1. The van der Waals surface area contributed by atoms with Gasteiger partial charge in [-0.15, -0.1) is 0 Å². The zero-order valence-electron chi connectivity index (χ0n) is 14.9. The molecular formula is C21H20INO4. The van der Waals surface area contributed by atoms with Crippen LogP contribution >= 0.6 is 22.6 Å². The van der Waals surface area contributed by atoms with Crippen molar-refractivity contribution in [3.05, 3.63) is 74.9 Å². The fourth-order valence-corrected chi connectivity index (χ4v) is 3.59. The summed E-state index contributed by atoms with van der Waals surface area (Å²) in [5.41, 5.74) is 1.44. The third-order valence-corrected chi connectivity index (χ3v) is 5.24. The first-order chi connectivity index (χ1) is 13.0. The van der Waals surface area contributed by atoms with Crippen LogP contribution in [0.15, 0.2) is 60.2 Å². The van der Waals surface area contributed by atoms with Crippen LogP contribution in [0.25, 0.3) is 5.76 Å². The van der Waals surface area contributed by atoms with Gasteiger partial charge in [0.05, 0.1) is 11.6 Å². The fourth-order valence-electron chi connectivity index (χ4n) is 3.23. The van der Waals surface area contributed by atoms with E-state index in [4.69, 9.17) is 4.74 Å². The number of nitrogens with zero attached hydrogens (tertiary/aromatic N) is 1. The van der Waals surface area contributed by atoms with Crippen molar-refractivity contribution in [1.82, 2.24) is 4.90 Å². The Morgan fingerprint density at radius 3 is 2.41 bits per heavy atom. The summed E-state index contributed by atoms with van der Waals surface area (Å²) in [6.45, 7) is 0.863. The smallest absolute Gasteiger partial charge is 0.295 e. The van der Waals surface area contributed by atoms with Gasteiger partial charge < -0.3 is 14.7 Å². The van der Waals surface area contributed by atoms with Crippen LogP contribution in [-0.2, 0) is 14.3 Å². The lowest BCUT2D eigenvalue weighted by atomic mass is 9.95. The van der Waals surface area contributed by atoms with Crippen molar-refractivity contribution in [3.8, 4) is 0 Å². The van der Waals surface area contributed by atoms with Crippen LogP contribution in [0, 0.1) is 3.57 Å². The molecule has 0 spiro atoms. The van der Waals surface area contributed by atoms with Gasteiger partial charge >= 0.3 is 0 Å². The van der Waals surface area contributed by atoms with Crippen LogP contribution in [-0.4, -0.2) is 42.0 Å². The number of carbonyl (C=O) groups excluding carboxylic acids is 2. The molecule has 2 aromatic rings. The lowest BCUT2D eigenvalue weighted by molar-refractivity contribution is -0.140. The summed E-state index contributed by atoms with van der Waals surface area (Å²) in [5, 5.41) is 10.8. The van der Waals surface area contributed by atoms with Gasteiger partial charge in [0, 0.05) is 29.4 Å². The summed E-state index contributed by atoms with van der Waals surface area (Å²) >= 11 is 2.20. The van der Waals surface area contributed by atoms with E-state index in [0.29, 0.717) is 25.1 Å². The molecule has 0 bridgehead atoms. The van der Waals surface area contributed by atoms with E-state index in [0.717, 1.165) is 9.13 Å². The van der Waals surface area contributed by atoms with Crippen molar-refractivity contribution in [2.45, 2.75) is 12.5 Å². The molecule has 0 saturated carbocycles. The number of halogens is 1. The maximum atomic E-state index is 12.8. The van der Waals surface area contributed by atoms with E-state index in [1.54, 1.807) is 31.4 Å². The van der Waals surface area contributed by atoms with Crippen molar-refractivity contribution < 1.29 is 19.4 Å². The molecular weight excluding hydrogens is 457 g/mol. The molecule has 1 saturated heterocycles. The second kappa shape index (κ2) is 8.67. The number of rotatable bonds is 6. The number of hydrogen-bond donors (Lipinski definition) is 1. The molecule has 1 aliphatic heterocycles. The average Bonchev–Trinajstić information content (AvgIpc) is 2.94. The van der Waals surface area contributed by atoms with E-state index < -0.39 is 17.7 Å². The normalized spacial score (nSPS) is 18.9. The Morgan fingerprint density at radius 1 is 1.11 bits per heavy atom. The SMILES string of the molecule is COCCCN1C(=O)C(=O)/C(=C(/O)c2ccccc2)[C@@H]1c1ccc(I)cc1. The first kappa shape index (κ1) is 19.6. The summed E-state index contributed by atoms with van der Waals surface area (Å²) in [6.07, 6.45) is 0.607. The highest BCUT2D eigenvalue weighted by molar-refractivity contribution is 14.1. The van der Waals surface area contributed by atoms with Crippen molar-refractivity contribution in [2.24, 2.45) is 0 Å². The number of aliphatic hydroxyl groups is 1. The minimum Gasteiger partial charge on any atom is -0.507 e. The number of ether oxygens (including phenoxy) is 1. The van der Waals surface area contributed by atoms with Crippen LogP contribution in [0.2, 0.25) is 0 Å². The maximum Gasteiger partial charge on any atom is 0.295 e. The summed E-state index contributed by atoms with van der Waals surface area (Å²) in [7, 11) is 1.60. The first-order valence-electron chi connectivity index (χ1n) is 8.63. The Hall–Kier alpha value is -2.19. The third-order valence-electron chi connectivity index (χ3n) is 4.52. The molecule has 3 rings (SSSR count). The third kappa shape index (κ3) is 4.06. The average molecular weight is 477 g/mol. The molecule has 0 radical (unpaired) electrons. The summed E-state index contributed by atoms with van der Waals surface area (Å²) in [6, 6.07) is 15.8. The van der Waals surface area contributed by atoms with Gasteiger partial charge in [-0.2, -0.15) is 0 Å². The van der Waals surface area contributed by atoms with Gasteiger partial charge in [0.1, 0.15) is 5.76 Å². The van der Waals surface area contributed by atoms with Crippen molar-refractivity contribution in [2.75, 3.05) is 20.3 Å². The molecule has 1 heterocycles. The number of carbonyl (C=O) groups is 2. The number of amides is 1. The molecule has 2 aromatic carbocycles. The van der Waals surface area contributed by atoms with Gasteiger partial charge in [-0.25, -0.2) is 0 Å². The van der Waals surface area contributed by atoms with Crippen LogP contribution in [0.1, 0.15) is 23.6 Å². The number of hydrogen-bond acceptors (Lipinski definition) is 4. The molecule has 140 valence electrons. The molecule has 0 aromatic heterocycles. The highest BCUT2D eigenvalue weighted by atomic mass is 127. The van der Waals surface area contributed by atoms with Gasteiger partial charge in [0.2, 0.25) is 0 Å². The predicted octanol–water partition coefficient (Wildman–Crippen LogP) is 3.75. The van der Waals surface area contributed by atoms with Crippen molar-refractivity contribution >= 4 is 40.0 Å². The molecule has 1 atom stereocenters. The molecule has 1 aliphatic rings. The zero-order valence-corrected chi connectivity index (χ0v) is 17.0. The Labute approximate surface area is 171 Å². The van der Waals surface area contributed by atoms with Crippen molar-refractivity contribution in [3.63, 3.8) is 0 Å². The van der Waals surface area contributed by atoms with E-state index in [9.17, 15) is 14.7 Å². The van der Waals surface area contributed by atoms with Gasteiger partial charge in [-0.1, -0.05) is 42.5 Å².